The molecule has 0 fully saturated rings. The average molecular weight is 557 g/mol. The van der Waals surface area contributed by atoms with Gasteiger partial charge in [-0.05, 0) is 56.9 Å². The number of hydrogen-bond donors (Lipinski definition) is 1. The van der Waals surface area contributed by atoms with E-state index in [0.717, 1.165) is 63.8 Å². The van der Waals surface area contributed by atoms with Crippen LogP contribution in [0.5, 0.6) is 0 Å². The van der Waals surface area contributed by atoms with E-state index in [4.69, 9.17) is 10.1 Å². The number of amides is 2. The molecule has 1 N–H and O–H groups in total. The van der Waals surface area contributed by atoms with E-state index >= 15 is 0 Å². The van der Waals surface area contributed by atoms with E-state index in [9.17, 15) is 9.59 Å². The number of benzene rings is 3. The standard InChI is InChI=1S/C34H32N6O2/c1-38(2)19-8-20-39-29-14-6-4-11-26(29)33(37-39)34(40-30(41)17-18-31(40)42)22-35-28-13-7-10-24(32(28)34)21-25-16-15-23-9-3-5-12-27(23)36-25/h3-7,9-18,35H,8,19-22H2,1-2H3. The maximum Gasteiger partial charge on any atom is 0.254 e. The fourth-order valence-electron chi connectivity index (χ4n) is 6.51. The summed E-state index contributed by atoms with van der Waals surface area (Å²) in [5.74, 6) is -0.668. The highest BCUT2D eigenvalue weighted by atomic mass is 16.2. The van der Waals surface area contributed by atoms with Gasteiger partial charge in [-0.3, -0.25) is 24.2 Å². The Morgan fingerprint density at radius 1 is 0.905 bits per heavy atom. The highest BCUT2D eigenvalue weighted by Crippen LogP contribution is 2.49. The molecule has 0 saturated heterocycles. The first-order valence-electron chi connectivity index (χ1n) is 14.3. The number of imide groups is 1. The summed E-state index contributed by atoms with van der Waals surface area (Å²) in [6, 6.07) is 26.4. The first kappa shape index (κ1) is 26.1. The number of fused-ring (bicyclic) bond motifs is 3. The third kappa shape index (κ3) is 4.18. The first-order valence-corrected chi connectivity index (χ1v) is 14.3. The summed E-state index contributed by atoms with van der Waals surface area (Å²) in [7, 11) is 4.12. The number of rotatable bonds is 8. The van der Waals surface area contributed by atoms with Gasteiger partial charge in [0.05, 0.1) is 11.0 Å². The first-order chi connectivity index (χ1) is 20.5. The summed E-state index contributed by atoms with van der Waals surface area (Å²) in [4.78, 5) is 35.5. The Hall–Kier alpha value is -4.82. The van der Waals surface area contributed by atoms with Crippen molar-refractivity contribution in [3.05, 3.63) is 114 Å². The number of anilines is 1. The quantitative estimate of drug-likeness (QED) is 0.279. The normalized spacial score (nSPS) is 18.0. The largest absolute Gasteiger partial charge is 0.382 e. The van der Waals surface area contributed by atoms with Gasteiger partial charge in [0.15, 0.2) is 0 Å². The monoisotopic (exact) mass is 556 g/mol. The van der Waals surface area contributed by atoms with E-state index in [0.29, 0.717) is 18.7 Å². The lowest BCUT2D eigenvalue weighted by atomic mass is 9.81. The summed E-state index contributed by atoms with van der Waals surface area (Å²) in [6.07, 6.45) is 4.20. The van der Waals surface area contributed by atoms with Gasteiger partial charge in [-0.1, -0.05) is 54.6 Å². The second kappa shape index (κ2) is 10.2. The van der Waals surface area contributed by atoms with Crippen molar-refractivity contribution in [2.24, 2.45) is 0 Å². The lowest BCUT2D eigenvalue weighted by Gasteiger charge is -2.37. The zero-order valence-corrected chi connectivity index (χ0v) is 23.7. The molecule has 8 nitrogen and oxygen atoms in total. The molecule has 2 aliphatic heterocycles. The topological polar surface area (TPSA) is 83.4 Å². The van der Waals surface area contributed by atoms with Crippen molar-refractivity contribution in [1.82, 2.24) is 24.6 Å². The van der Waals surface area contributed by atoms with Crippen molar-refractivity contribution < 1.29 is 9.59 Å². The van der Waals surface area contributed by atoms with Crippen molar-refractivity contribution >= 4 is 39.3 Å². The van der Waals surface area contributed by atoms with Crippen LogP contribution in [0.3, 0.4) is 0 Å². The van der Waals surface area contributed by atoms with Crippen LogP contribution in [0.25, 0.3) is 21.8 Å². The molecule has 1 atom stereocenters. The molecule has 2 aromatic heterocycles. The number of nitrogens with one attached hydrogen (secondary N) is 1. The van der Waals surface area contributed by atoms with Crippen molar-refractivity contribution in [3.8, 4) is 0 Å². The molecule has 2 aliphatic rings. The van der Waals surface area contributed by atoms with Crippen molar-refractivity contribution in [3.63, 3.8) is 0 Å². The second-order valence-electron chi connectivity index (χ2n) is 11.3. The van der Waals surface area contributed by atoms with E-state index in [1.165, 1.54) is 17.1 Å². The molecule has 0 saturated carbocycles. The summed E-state index contributed by atoms with van der Waals surface area (Å²) < 4.78 is 2.03. The molecular weight excluding hydrogens is 524 g/mol. The number of carbonyl (C=O) groups is 2. The van der Waals surface area contributed by atoms with Gasteiger partial charge in [-0.25, -0.2) is 0 Å². The number of pyridine rings is 1. The molecular formula is C34H32N6O2. The molecule has 42 heavy (non-hydrogen) atoms. The SMILES string of the molecule is CN(C)CCCn1nc(C2(N3C(=O)C=CC3=O)CNc3cccc(Cc4ccc5ccccc5n4)c32)c2ccccc21. The fourth-order valence-corrected chi connectivity index (χ4v) is 6.51. The number of para-hydroxylation sites is 2. The molecule has 0 spiro atoms. The number of aryl methyl sites for hydroxylation is 1. The Kier molecular flexibility index (Phi) is 6.35. The van der Waals surface area contributed by atoms with Crippen LogP contribution in [0, 0.1) is 0 Å². The molecule has 1 unspecified atom stereocenters. The van der Waals surface area contributed by atoms with Crippen molar-refractivity contribution in [2.45, 2.75) is 24.9 Å². The van der Waals surface area contributed by atoms with Gasteiger partial charge in [0.25, 0.3) is 11.8 Å². The fraction of sp³-hybridized carbons (Fsp3) is 0.235. The van der Waals surface area contributed by atoms with Crippen LogP contribution in [0.15, 0.2) is 91.0 Å². The molecule has 3 aromatic carbocycles. The Morgan fingerprint density at radius 3 is 2.52 bits per heavy atom. The Labute approximate surface area is 244 Å². The van der Waals surface area contributed by atoms with E-state index in [1.807, 2.05) is 59.3 Å². The van der Waals surface area contributed by atoms with Gasteiger partial charge in [0.1, 0.15) is 11.2 Å². The molecule has 210 valence electrons. The summed E-state index contributed by atoms with van der Waals surface area (Å²) in [5.41, 5.74) is 5.20. The van der Waals surface area contributed by atoms with E-state index < -0.39 is 5.54 Å². The van der Waals surface area contributed by atoms with Gasteiger partial charge in [0.2, 0.25) is 0 Å². The molecule has 4 heterocycles. The van der Waals surface area contributed by atoms with Crippen LogP contribution in [-0.2, 0) is 28.1 Å². The van der Waals surface area contributed by atoms with Gasteiger partial charge >= 0.3 is 0 Å². The summed E-state index contributed by atoms with van der Waals surface area (Å²) in [5, 5.41) is 10.8. The Bertz CT molecular complexity index is 1870. The van der Waals surface area contributed by atoms with Gasteiger partial charge < -0.3 is 10.2 Å². The van der Waals surface area contributed by atoms with Crippen molar-refractivity contribution in [1.29, 1.82) is 0 Å². The van der Waals surface area contributed by atoms with Crippen LogP contribution in [0.1, 0.15) is 28.9 Å². The van der Waals surface area contributed by atoms with Gasteiger partial charge in [-0.15, -0.1) is 0 Å². The Balaban J connectivity index is 1.42. The summed E-state index contributed by atoms with van der Waals surface area (Å²) >= 11 is 0. The molecule has 0 aliphatic carbocycles. The molecule has 7 rings (SSSR count). The minimum atomic E-state index is -1.13. The van der Waals surface area contributed by atoms with Crippen LogP contribution in [0.4, 0.5) is 5.69 Å². The molecule has 5 aromatic rings. The number of carbonyl (C=O) groups excluding carboxylic acids is 2. The molecule has 0 bridgehead atoms. The maximum absolute atomic E-state index is 13.5. The maximum atomic E-state index is 13.5. The lowest BCUT2D eigenvalue weighted by molar-refractivity contribution is -0.142. The zero-order chi connectivity index (χ0) is 28.8. The molecule has 8 heteroatoms. The zero-order valence-electron chi connectivity index (χ0n) is 23.7. The van der Waals surface area contributed by atoms with Crippen LogP contribution >= 0.6 is 0 Å². The number of nitrogens with zero attached hydrogens (tertiary/aromatic N) is 5. The Morgan fingerprint density at radius 2 is 1.69 bits per heavy atom. The van der Waals surface area contributed by atoms with E-state index in [1.54, 1.807) is 0 Å². The molecule has 2 amide bonds. The van der Waals surface area contributed by atoms with E-state index in [-0.39, 0.29) is 11.8 Å². The highest BCUT2D eigenvalue weighted by molar-refractivity contribution is 6.14. The van der Waals surface area contributed by atoms with Crippen molar-refractivity contribution in [2.75, 3.05) is 32.5 Å². The van der Waals surface area contributed by atoms with Crippen LogP contribution in [-0.4, -0.2) is 63.6 Å². The predicted octanol–water partition coefficient (Wildman–Crippen LogP) is 4.72. The third-order valence-corrected chi connectivity index (χ3v) is 8.34. The second-order valence-corrected chi connectivity index (χ2v) is 11.3. The summed E-state index contributed by atoms with van der Waals surface area (Å²) in [6.45, 7) is 1.98. The minimum absolute atomic E-state index is 0.334. The predicted molar refractivity (Wildman–Crippen MR) is 164 cm³/mol. The molecule has 0 radical (unpaired) electrons. The number of aromatic nitrogens is 3. The third-order valence-electron chi connectivity index (χ3n) is 8.34. The van der Waals surface area contributed by atoms with E-state index in [2.05, 4.69) is 48.6 Å². The van der Waals surface area contributed by atoms with Gasteiger partial charge in [-0.2, -0.15) is 5.10 Å². The lowest BCUT2D eigenvalue weighted by Crippen LogP contribution is -2.52. The number of hydrogen-bond acceptors (Lipinski definition) is 6. The smallest absolute Gasteiger partial charge is 0.254 e. The van der Waals surface area contributed by atoms with Crippen LogP contribution in [0.2, 0.25) is 0 Å². The minimum Gasteiger partial charge on any atom is -0.382 e. The highest BCUT2D eigenvalue weighted by Gasteiger charge is 2.54. The average Bonchev–Trinajstić information content (AvgIpc) is 3.67. The van der Waals surface area contributed by atoms with Crippen LogP contribution < -0.4 is 5.32 Å². The van der Waals surface area contributed by atoms with Gasteiger partial charge in [0, 0.05) is 59.4 Å².